The van der Waals surface area contributed by atoms with Gasteiger partial charge in [0.2, 0.25) is 5.91 Å². The second kappa shape index (κ2) is 8.56. The Balaban J connectivity index is 2.01. The molecule has 1 saturated carbocycles. The van der Waals surface area contributed by atoms with Gasteiger partial charge in [-0.2, -0.15) is 0 Å². The second-order valence-electron chi connectivity index (χ2n) is 6.46. The van der Waals surface area contributed by atoms with E-state index in [0.29, 0.717) is 0 Å². The minimum Gasteiger partial charge on any atom is -0.352 e. The van der Waals surface area contributed by atoms with Gasteiger partial charge in [0.1, 0.15) is 6.04 Å². The zero-order valence-corrected chi connectivity index (χ0v) is 14.0. The lowest BCUT2D eigenvalue weighted by Gasteiger charge is -2.25. The normalized spacial score (nSPS) is 16.7. The number of amides is 3. The largest absolute Gasteiger partial charge is 0.352 e. The van der Waals surface area contributed by atoms with Crippen molar-refractivity contribution in [1.82, 2.24) is 16.0 Å². The summed E-state index contributed by atoms with van der Waals surface area (Å²) in [6.07, 6.45) is 5.58. The van der Waals surface area contributed by atoms with Gasteiger partial charge in [0, 0.05) is 12.1 Å². The van der Waals surface area contributed by atoms with E-state index in [4.69, 9.17) is 0 Å². The second-order valence-corrected chi connectivity index (χ2v) is 6.46. The molecular formula is C18H27N3O2. The van der Waals surface area contributed by atoms with Crippen LogP contribution >= 0.6 is 0 Å². The van der Waals surface area contributed by atoms with Crippen LogP contribution in [0.1, 0.15) is 57.6 Å². The minimum absolute atomic E-state index is 0.0249. The third kappa shape index (κ3) is 5.58. The third-order valence-electron chi connectivity index (χ3n) is 4.04. The molecule has 23 heavy (non-hydrogen) atoms. The number of hydrogen-bond donors (Lipinski definition) is 3. The Morgan fingerprint density at radius 1 is 1.00 bits per heavy atom. The summed E-state index contributed by atoms with van der Waals surface area (Å²) in [5.41, 5.74) is 0.782. The van der Waals surface area contributed by atoms with Crippen LogP contribution in [0.15, 0.2) is 30.3 Å². The van der Waals surface area contributed by atoms with Crippen molar-refractivity contribution in [1.29, 1.82) is 0 Å². The molecule has 5 nitrogen and oxygen atoms in total. The first-order valence-corrected chi connectivity index (χ1v) is 8.48. The molecule has 0 heterocycles. The lowest BCUT2D eigenvalue weighted by molar-refractivity contribution is -0.123. The Labute approximate surface area is 138 Å². The molecule has 1 fully saturated rings. The SMILES string of the molecule is CC(C)NC(=O)[C@@H](NC(=O)NC1CCCCC1)c1ccccc1. The van der Waals surface area contributed by atoms with Crippen molar-refractivity contribution in [2.45, 2.75) is 64.1 Å². The smallest absolute Gasteiger partial charge is 0.315 e. The van der Waals surface area contributed by atoms with Crippen LogP contribution in [0.3, 0.4) is 0 Å². The van der Waals surface area contributed by atoms with Gasteiger partial charge in [0.15, 0.2) is 0 Å². The summed E-state index contributed by atoms with van der Waals surface area (Å²) >= 11 is 0. The van der Waals surface area contributed by atoms with E-state index in [1.54, 1.807) is 0 Å². The number of rotatable bonds is 5. The summed E-state index contributed by atoms with van der Waals surface area (Å²) in [6.45, 7) is 3.81. The van der Waals surface area contributed by atoms with Gasteiger partial charge in [-0.25, -0.2) is 4.79 Å². The lowest BCUT2D eigenvalue weighted by Crippen LogP contribution is -2.48. The molecule has 0 aromatic heterocycles. The van der Waals surface area contributed by atoms with Gasteiger partial charge in [-0.3, -0.25) is 4.79 Å². The number of carbonyl (C=O) groups excluding carboxylic acids is 2. The van der Waals surface area contributed by atoms with Gasteiger partial charge >= 0.3 is 6.03 Å². The molecule has 1 aliphatic rings. The van der Waals surface area contributed by atoms with E-state index in [9.17, 15) is 9.59 Å². The van der Waals surface area contributed by atoms with Gasteiger partial charge in [0.05, 0.1) is 0 Å². The Bertz CT molecular complexity index is 510. The number of benzene rings is 1. The Morgan fingerprint density at radius 3 is 2.26 bits per heavy atom. The Hall–Kier alpha value is -2.04. The highest BCUT2D eigenvalue weighted by molar-refractivity contribution is 5.88. The molecule has 1 aliphatic carbocycles. The summed E-state index contributed by atoms with van der Waals surface area (Å²) < 4.78 is 0. The van der Waals surface area contributed by atoms with Gasteiger partial charge in [-0.05, 0) is 32.3 Å². The summed E-state index contributed by atoms with van der Waals surface area (Å²) in [6, 6.07) is 8.62. The maximum absolute atomic E-state index is 12.4. The van der Waals surface area contributed by atoms with E-state index in [2.05, 4.69) is 16.0 Å². The molecule has 2 rings (SSSR count). The van der Waals surface area contributed by atoms with Crippen LogP contribution in [0.5, 0.6) is 0 Å². The summed E-state index contributed by atoms with van der Waals surface area (Å²) in [4.78, 5) is 24.7. The summed E-state index contributed by atoms with van der Waals surface area (Å²) in [7, 11) is 0. The van der Waals surface area contributed by atoms with Crippen molar-refractivity contribution >= 4 is 11.9 Å². The Morgan fingerprint density at radius 2 is 1.65 bits per heavy atom. The number of urea groups is 1. The first-order valence-electron chi connectivity index (χ1n) is 8.48. The van der Waals surface area contributed by atoms with Crippen LogP contribution in [0, 0.1) is 0 Å². The van der Waals surface area contributed by atoms with E-state index in [1.165, 1.54) is 6.42 Å². The van der Waals surface area contributed by atoms with Crippen LogP contribution in [0.25, 0.3) is 0 Å². The molecule has 0 saturated heterocycles. The minimum atomic E-state index is -0.679. The molecule has 1 aromatic rings. The molecule has 0 bridgehead atoms. The van der Waals surface area contributed by atoms with Gasteiger partial charge in [-0.15, -0.1) is 0 Å². The number of hydrogen-bond acceptors (Lipinski definition) is 2. The van der Waals surface area contributed by atoms with Crippen molar-refractivity contribution in [3.63, 3.8) is 0 Å². The maximum atomic E-state index is 12.4. The zero-order chi connectivity index (χ0) is 16.7. The van der Waals surface area contributed by atoms with Gasteiger partial charge in [-0.1, -0.05) is 49.6 Å². The molecule has 1 atom stereocenters. The van der Waals surface area contributed by atoms with Crippen molar-refractivity contribution in [3.8, 4) is 0 Å². The molecule has 0 unspecified atom stereocenters. The molecule has 1 aromatic carbocycles. The average molecular weight is 317 g/mol. The van der Waals surface area contributed by atoms with Crippen molar-refractivity contribution in [2.75, 3.05) is 0 Å². The fourth-order valence-electron chi connectivity index (χ4n) is 2.92. The first kappa shape index (κ1) is 17.3. The van der Waals surface area contributed by atoms with Crippen molar-refractivity contribution < 1.29 is 9.59 Å². The van der Waals surface area contributed by atoms with Gasteiger partial charge < -0.3 is 16.0 Å². The first-order chi connectivity index (χ1) is 11.1. The molecular weight excluding hydrogens is 290 g/mol. The molecule has 3 N–H and O–H groups in total. The predicted molar refractivity (Wildman–Crippen MR) is 91.0 cm³/mol. The third-order valence-corrected chi connectivity index (χ3v) is 4.04. The average Bonchev–Trinajstić information content (AvgIpc) is 2.53. The van der Waals surface area contributed by atoms with Crippen LogP contribution < -0.4 is 16.0 Å². The standard InChI is InChI=1S/C18H27N3O2/c1-13(2)19-17(22)16(14-9-5-3-6-10-14)21-18(23)20-15-11-7-4-8-12-15/h3,5-6,9-10,13,15-16H,4,7-8,11-12H2,1-2H3,(H,19,22)(H2,20,21,23)/t16-/m0/s1. The molecule has 0 aliphatic heterocycles. The van der Waals surface area contributed by atoms with E-state index in [1.807, 2.05) is 44.2 Å². The highest BCUT2D eigenvalue weighted by atomic mass is 16.2. The fraction of sp³-hybridized carbons (Fsp3) is 0.556. The van der Waals surface area contributed by atoms with Crippen LogP contribution in [0.4, 0.5) is 4.79 Å². The topological polar surface area (TPSA) is 70.2 Å². The summed E-state index contributed by atoms with van der Waals surface area (Å²) in [5, 5.41) is 8.69. The molecule has 0 radical (unpaired) electrons. The number of carbonyl (C=O) groups is 2. The van der Waals surface area contributed by atoms with Crippen LogP contribution in [-0.2, 0) is 4.79 Å². The summed E-state index contributed by atoms with van der Waals surface area (Å²) in [5.74, 6) is -0.190. The number of nitrogens with one attached hydrogen (secondary N) is 3. The van der Waals surface area contributed by atoms with Crippen LogP contribution in [0.2, 0.25) is 0 Å². The fourth-order valence-corrected chi connectivity index (χ4v) is 2.92. The highest BCUT2D eigenvalue weighted by Gasteiger charge is 2.24. The quantitative estimate of drug-likeness (QED) is 0.781. The molecule has 5 heteroatoms. The highest BCUT2D eigenvalue weighted by Crippen LogP contribution is 2.18. The van der Waals surface area contributed by atoms with Crippen molar-refractivity contribution in [3.05, 3.63) is 35.9 Å². The molecule has 126 valence electrons. The van der Waals surface area contributed by atoms with E-state index in [0.717, 1.165) is 31.2 Å². The van der Waals surface area contributed by atoms with Crippen molar-refractivity contribution in [2.24, 2.45) is 0 Å². The molecule has 0 spiro atoms. The monoisotopic (exact) mass is 317 g/mol. The zero-order valence-electron chi connectivity index (χ0n) is 14.0. The molecule has 3 amide bonds. The Kier molecular flexibility index (Phi) is 6.44. The van der Waals surface area contributed by atoms with E-state index < -0.39 is 6.04 Å². The van der Waals surface area contributed by atoms with E-state index >= 15 is 0 Å². The van der Waals surface area contributed by atoms with Crippen LogP contribution in [-0.4, -0.2) is 24.0 Å². The van der Waals surface area contributed by atoms with Gasteiger partial charge in [0.25, 0.3) is 0 Å². The lowest BCUT2D eigenvalue weighted by atomic mass is 9.96. The predicted octanol–water partition coefficient (Wildman–Crippen LogP) is 2.88. The maximum Gasteiger partial charge on any atom is 0.315 e. The van der Waals surface area contributed by atoms with E-state index in [-0.39, 0.29) is 24.0 Å².